The molecule has 6 nitrogen and oxygen atoms in total. The smallest absolute Gasteiger partial charge is 0.338 e. The number of amides is 2. The summed E-state index contributed by atoms with van der Waals surface area (Å²) in [6.45, 7) is 4.85. The molecule has 0 atom stereocenters. The molecule has 0 unspecified atom stereocenters. The number of likely N-dealkylation sites (tertiary alicyclic amines) is 1. The SMILES string of the molecule is COC1CCN(C(=O)Nc2sc(C)c(C)c2C(=O)O)CC1. The lowest BCUT2D eigenvalue weighted by atomic mass is 10.1. The summed E-state index contributed by atoms with van der Waals surface area (Å²) in [4.78, 5) is 26.2. The van der Waals surface area contributed by atoms with Gasteiger partial charge in [0, 0.05) is 25.1 Å². The first kappa shape index (κ1) is 15.8. The maximum atomic E-state index is 12.2. The fraction of sp³-hybridized carbons (Fsp3) is 0.571. The van der Waals surface area contributed by atoms with Crippen LogP contribution in [-0.2, 0) is 4.74 Å². The number of aryl methyl sites for hydroxylation is 1. The number of urea groups is 1. The highest BCUT2D eigenvalue weighted by molar-refractivity contribution is 7.16. The van der Waals surface area contributed by atoms with Crippen molar-refractivity contribution in [2.75, 3.05) is 25.5 Å². The molecule has 1 fully saturated rings. The van der Waals surface area contributed by atoms with Crippen LogP contribution in [-0.4, -0.2) is 48.3 Å². The number of carboxylic acid groups (broad SMARTS) is 1. The second-order valence-electron chi connectivity index (χ2n) is 5.14. The molecule has 0 saturated carbocycles. The number of rotatable bonds is 3. The monoisotopic (exact) mass is 312 g/mol. The molecule has 2 heterocycles. The van der Waals surface area contributed by atoms with Crippen LogP contribution in [0, 0.1) is 13.8 Å². The van der Waals surface area contributed by atoms with E-state index in [-0.39, 0.29) is 17.7 Å². The van der Waals surface area contributed by atoms with Gasteiger partial charge in [0.25, 0.3) is 0 Å². The van der Waals surface area contributed by atoms with Gasteiger partial charge in [-0.25, -0.2) is 9.59 Å². The van der Waals surface area contributed by atoms with Crippen molar-refractivity contribution in [2.45, 2.75) is 32.8 Å². The van der Waals surface area contributed by atoms with Crippen molar-refractivity contribution in [3.8, 4) is 0 Å². The van der Waals surface area contributed by atoms with Gasteiger partial charge in [0.15, 0.2) is 0 Å². The highest BCUT2D eigenvalue weighted by atomic mass is 32.1. The lowest BCUT2D eigenvalue weighted by Gasteiger charge is -2.31. The highest BCUT2D eigenvalue weighted by Gasteiger charge is 2.25. The van der Waals surface area contributed by atoms with E-state index >= 15 is 0 Å². The Bertz CT molecular complexity index is 547. The maximum Gasteiger partial charge on any atom is 0.338 e. The average Bonchev–Trinajstić information content (AvgIpc) is 2.73. The maximum absolute atomic E-state index is 12.2. The highest BCUT2D eigenvalue weighted by Crippen LogP contribution is 2.32. The lowest BCUT2D eigenvalue weighted by molar-refractivity contribution is 0.0521. The van der Waals surface area contributed by atoms with Crippen molar-refractivity contribution < 1.29 is 19.4 Å². The molecule has 1 aliphatic rings. The van der Waals surface area contributed by atoms with Crippen molar-refractivity contribution in [1.82, 2.24) is 4.90 Å². The van der Waals surface area contributed by atoms with E-state index in [0.717, 1.165) is 17.7 Å². The molecule has 116 valence electrons. The molecule has 2 rings (SSSR count). The van der Waals surface area contributed by atoms with E-state index in [0.29, 0.717) is 23.7 Å². The molecule has 0 spiro atoms. The van der Waals surface area contributed by atoms with E-state index < -0.39 is 5.97 Å². The summed E-state index contributed by atoms with van der Waals surface area (Å²) < 4.78 is 5.27. The molecule has 1 aromatic heterocycles. The first-order valence-corrected chi connectivity index (χ1v) is 7.67. The van der Waals surface area contributed by atoms with E-state index in [1.165, 1.54) is 11.3 Å². The van der Waals surface area contributed by atoms with Crippen molar-refractivity contribution in [1.29, 1.82) is 0 Å². The van der Waals surface area contributed by atoms with Gasteiger partial charge in [0.2, 0.25) is 0 Å². The normalized spacial score (nSPS) is 16.0. The second-order valence-corrected chi connectivity index (χ2v) is 6.37. The van der Waals surface area contributed by atoms with Gasteiger partial charge in [-0.05, 0) is 32.3 Å². The largest absolute Gasteiger partial charge is 0.478 e. The molecular weight excluding hydrogens is 292 g/mol. The Balaban J connectivity index is 2.07. The van der Waals surface area contributed by atoms with Gasteiger partial charge < -0.3 is 14.7 Å². The quantitative estimate of drug-likeness (QED) is 0.899. The fourth-order valence-electron chi connectivity index (χ4n) is 2.44. The summed E-state index contributed by atoms with van der Waals surface area (Å²) in [5, 5.41) is 12.4. The van der Waals surface area contributed by atoms with Crippen molar-refractivity contribution >= 4 is 28.3 Å². The van der Waals surface area contributed by atoms with Crippen molar-refractivity contribution in [3.63, 3.8) is 0 Å². The van der Waals surface area contributed by atoms with Crippen molar-refractivity contribution in [2.24, 2.45) is 0 Å². The van der Waals surface area contributed by atoms with Crippen LogP contribution in [0.2, 0.25) is 0 Å². The standard InChI is InChI=1S/C14H20N2O4S/c1-8-9(2)21-12(11(8)13(17)18)15-14(19)16-6-4-10(20-3)5-7-16/h10H,4-7H2,1-3H3,(H,15,19)(H,17,18). The van der Waals surface area contributed by atoms with Gasteiger partial charge in [0.05, 0.1) is 11.7 Å². The predicted octanol–water partition coefficient (Wildman–Crippen LogP) is 2.71. The van der Waals surface area contributed by atoms with Crippen LogP contribution >= 0.6 is 11.3 Å². The Morgan fingerprint density at radius 3 is 2.48 bits per heavy atom. The minimum atomic E-state index is -1.01. The minimum absolute atomic E-state index is 0.192. The first-order valence-electron chi connectivity index (χ1n) is 6.86. The molecule has 7 heteroatoms. The zero-order valence-electron chi connectivity index (χ0n) is 12.4. The second kappa shape index (κ2) is 6.44. The Morgan fingerprint density at radius 2 is 1.95 bits per heavy atom. The summed E-state index contributed by atoms with van der Waals surface area (Å²) in [5.74, 6) is -1.01. The first-order chi connectivity index (χ1) is 9.93. The zero-order chi connectivity index (χ0) is 15.6. The molecule has 2 N–H and O–H groups in total. The number of aromatic carboxylic acids is 1. The van der Waals surface area contributed by atoms with Crippen LogP contribution in [0.3, 0.4) is 0 Å². The van der Waals surface area contributed by atoms with Gasteiger partial charge in [-0.2, -0.15) is 0 Å². The van der Waals surface area contributed by atoms with Crippen LogP contribution in [0.4, 0.5) is 9.80 Å². The zero-order valence-corrected chi connectivity index (χ0v) is 13.2. The average molecular weight is 312 g/mol. The molecule has 21 heavy (non-hydrogen) atoms. The van der Waals surface area contributed by atoms with Crippen LogP contribution in [0.15, 0.2) is 0 Å². The third kappa shape index (κ3) is 3.36. The molecule has 0 radical (unpaired) electrons. The fourth-order valence-corrected chi connectivity index (χ4v) is 3.49. The van der Waals surface area contributed by atoms with E-state index in [2.05, 4.69) is 5.32 Å². The molecular formula is C14H20N2O4S. The summed E-state index contributed by atoms with van der Waals surface area (Å²) in [6, 6.07) is -0.242. The molecule has 0 bridgehead atoms. The summed E-state index contributed by atoms with van der Waals surface area (Å²) >= 11 is 1.30. The number of nitrogens with zero attached hydrogens (tertiary/aromatic N) is 1. The molecule has 1 saturated heterocycles. The number of ether oxygens (including phenoxy) is 1. The van der Waals surface area contributed by atoms with E-state index in [1.807, 2.05) is 6.92 Å². The van der Waals surface area contributed by atoms with Gasteiger partial charge in [-0.1, -0.05) is 0 Å². The van der Waals surface area contributed by atoms with Crippen LogP contribution < -0.4 is 5.32 Å². The topological polar surface area (TPSA) is 78.9 Å². The summed E-state index contributed by atoms with van der Waals surface area (Å²) in [7, 11) is 1.68. The third-order valence-corrected chi connectivity index (χ3v) is 5.00. The van der Waals surface area contributed by atoms with Crippen molar-refractivity contribution in [3.05, 3.63) is 16.0 Å². The van der Waals surface area contributed by atoms with Gasteiger partial charge >= 0.3 is 12.0 Å². The number of hydrogen-bond acceptors (Lipinski definition) is 4. The van der Waals surface area contributed by atoms with Crippen LogP contribution in [0.25, 0.3) is 0 Å². The number of nitrogens with one attached hydrogen (secondary N) is 1. The minimum Gasteiger partial charge on any atom is -0.478 e. The molecule has 0 aliphatic carbocycles. The van der Waals surface area contributed by atoms with Gasteiger partial charge in [-0.3, -0.25) is 5.32 Å². The summed E-state index contributed by atoms with van der Waals surface area (Å²) in [5.41, 5.74) is 0.901. The molecule has 1 aromatic rings. The predicted molar refractivity (Wildman–Crippen MR) is 81.4 cm³/mol. The Labute approximate surface area is 127 Å². The number of carbonyl (C=O) groups excluding carboxylic acids is 1. The van der Waals surface area contributed by atoms with E-state index in [1.54, 1.807) is 18.9 Å². The summed E-state index contributed by atoms with van der Waals surface area (Å²) in [6.07, 6.45) is 1.81. The number of thiophene rings is 1. The number of piperidine rings is 1. The Kier molecular flexibility index (Phi) is 4.84. The molecule has 0 aromatic carbocycles. The molecule has 2 amide bonds. The number of methoxy groups -OCH3 is 1. The Morgan fingerprint density at radius 1 is 1.33 bits per heavy atom. The van der Waals surface area contributed by atoms with Gasteiger partial charge in [0.1, 0.15) is 5.00 Å². The number of carboxylic acids is 1. The van der Waals surface area contributed by atoms with E-state index in [4.69, 9.17) is 4.74 Å². The molecule has 1 aliphatic heterocycles. The van der Waals surface area contributed by atoms with E-state index in [9.17, 15) is 14.7 Å². The lowest BCUT2D eigenvalue weighted by Crippen LogP contribution is -2.42. The number of hydrogen-bond donors (Lipinski definition) is 2. The third-order valence-electron chi connectivity index (χ3n) is 3.88. The van der Waals surface area contributed by atoms with Crippen LogP contribution in [0.5, 0.6) is 0 Å². The van der Waals surface area contributed by atoms with Crippen LogP contribution in [0.1, 0.15) is 33.6 Å². The van der Waals surface area contributed by atoms with Gasteiger partial charge in [-0.15, -0.1) is 11.3 Å². The number of anilines is 1. The number of carbonyl (C=O) groups is 2. The Hall–Kier alpha value is -1.60.